The number of hydrogen-bond acceptors (Lipinski definition) is 4. The molecular weight excluding hydrogens is 372 g/mol. The molecule has 3 aromatic rings. The second-order valence-electron chi connectivity index (χ2n) is 7.35. The molecule has 2 heterocycles. The number of carbonyl (C=O) groups is 2. The number of aromatic nitrogens is 3. The molecular formula is C21H24N4O4. The topological polar surface area (TPSA) is 106 Å². The fourth-order valence-corrected chi connectivity index (χ4v) is 3.14. The van der Waals surface area contributed by atoms with Crippen molar-refractivity contribution in [2.24, 2.45) is 5.92 Å². The molecule has 0 bridgehead atoms. The first-order chi connectivity index (χ1) is 13.8. The van der Waals surface area contributed by atoms with Crippen LogP contribution in [0.3, 0.4) is 0 Å². The third-order valence-corrected chi connectivity index (χ3v) is 4.82. The average Bonchev–Trinajstić information content (AvgIpc) is 2.96. The number of aryl methyl sites for hydroxylation is 1. The maximum atomic E-state index is 13.1. The summed E-state index contributed by atoms with van der Waals surface area (Å²) in [7, 11) is 1.56. The van der Waals surface area contributed by atoms with Crippen molar-refractivity contribution in [1.29, 1.82) is 0 Å². The van der Waals surface area contributed by atoms with E-state index in [4.69, 9.17) is 0 Å². The van der Waals surface area contributed by atoms with Crippen LogP contribution in [-0.4, -0.2) is 38.1 Å². The Morgan fingerprint density at radius 2 is 1.83 bits per heavy atom. The number of imidazole rings is 1. The summed E-state index contributed by atoms with van der Waals surface area (Å²) in [5.41, 5.74) is 2.10. The van der Waals surface area contributed by atoms with Gasteiger partial charge in [0, 0.05) is 25.4 Å². The number of pyridine rings is 1. The van der Waals surface area contributed by atoms with E-state index in [1.165, 1.54) is 16.8 Å². The van der Waals surface area contributed by atoms with E-state index in [9.17, 15) is 19.5 Å². The highest BCUT2D eigenvalue weighted by molar-refractivity contribution is 5.94. The van der Waals surface area contributed by atoms with Crippen LogP contribution in [0.25, 0.3) is 11.2 Å². The molecule has 3 rings (SSSR count). The molecule has 0 aliphatic rings. The van der Waals surface area contributed by atoms with Gasteiger partial charge in [0.2, 0.25) is 0 Å². The Hall–Kier alpha value is -3.42. The van der Waals surface area contributed by atoms with Crippen molar-refractivity contribution in [2.45, 2.75) is 33.4 Å². The van der Waals surface area contributed by atoms with Crippen molar-refractivity contribution in [3.05, 3.63) is 63.7 Å². The quantitative estimate of drug-likeness (QED) is 0.638. The number of carboxylic acid groups (broad SMARTS) is 1. The number of nitrogens with one attached hydrogen (secondary N) is 1. The van der Waals surface area contributed by atoms with E-state index in [2.05, 4.69) is 24.1 Å². The van der Waals surface area contributed by atoms with Crippen LogP contribution < -0.4 is 11.0 Å². The number of aromatic carboxylic acids is 1. The number of fused-ring (bicyclic) bond motifs is 1. The van der Waals surface area contributed by atoms with Crippen molar-refractivity contribution in [3.8, 4) is 0 Å². The maximum Gasteiger partial charge on any atom is 0.337 e. The molecule has 0 radical (unpaired) electrons. The lowest BCUT2D eigenvalue weighted by atomic mass is 10.1. The SMILES string of the molecule is CNC(=O)c1ccc(Cn2c(=O)n(CCC(C)C)c3ncc(C(=O)O)cc32)cc1. The first-order valence-electron chi connectivity index (χ1n) is 9.45. The lowest BCUT2D eigenvalue weighted by molar-refractivity contribution is 0.0696. The van der Waals surface area contributed by atoms with E-state index in [0.717, 1.165) is 12.0 Å². The predicted octanol–water partition coefficient (Wildman–Crippen LogP) is 2.35. The number of nitrogens with zero attached hydrogens (tertiary/aromatic N) is 3. The number of amides is 1. The summed E-state index contributed by atoms with van der Waals surface area (Å²) in [5, 5.41) is 11.9. The third-order valence-electron chi connectivity index (χ3n) is 4.82. The summed E-state index contributed by atoms with van der Waals surface area (Å²) in [4.78, 5) is 40.4. The largest absolute Gasteiger partial charge is 0.478 e. The molecule has 152 valence electrons. The lowest BCUT2D eigenvalue weighted by Gasteiger charge is -2.06. The fraction of sp³-hybridized carbons (Fsp3) is 0.333. The van der Waals surface area contributed by atoms with Crippen LogP contribution in [-0.2, 0) is 13.1 Å². The molecule has 0 atom stereocenters. The second-order valence-corrected chi connectivity index (χ2v) is 7.35. The van der Waals surface area contributed by atoms with Crippen molar-refractivity contribution < 1.29 is 14.7 Å². The van der Waals surface area contributed by atoms with Gasteiger partial charge in [0.1, 0.15) is 0 Å². The Kier molecular flexibility index (Phi) is 5.81. The van der Waals surface area contributed by atoms with E-state index in [1.807, 2.05) is 0 Å². The number of benzene rings is 1. The average molecular weight is 396 g/mol. The third kappa shape index (κ3) is 4.21. The molecule has 2 N–H and O–H groups in total. The monoisotopic (exact) mass is 396 g/mol. The minimum absolute atomic E-state index is 0.0298. The highest BCUT2D eigenvalue weighted by Crippen LogP contribution is 2.16. The highest BCUT2D eigenvalue weighted by Gasteiger charge is 2.17. The summed E-state index contributed by atoms with van der Waals surface area (Å²) in [6.07, 6.45) is 2.08. The van der Waals surface area contributed by atoms with Gasteiger partial charge in [0.05, 0.1) is 17.6 Å². The van der Waals surface area contributed by atoms with Gasteiger partial charge in [0.15, 0.2) is 5.65 Å². The molecule has 0 fully saturated rings. The van der Waals surface area contributed by atoms with Crippen molar-refractivity contribution in [2.75, 3.05) is 7.05 Å². The van der Waals surface area contributed by atoms with E-state index in [-0.39, 0.29) is 23.7 Å². The summed E-state index contributed by atoms with van der Waals surface area (Å²) in [5.74, 6) is -0.867. The smallest absolute Gasteiger partial charge is 0.337 e. The second kappa shape index (κ2) is 8.30. The summed E-state index contributed by atoms with van der Waals surface area (Å²) >= 11 is 0. The van der Waals surface area contributed by atoms with E-state index >= 15 is 0 Å². The van der Waals surface area contributed by atoms with Gasteiger partial charge in [-0.15, -0.1) is 0 Å². The van der Waals surface area contributed by atoms with Gasteiger partial charge in [-0.2, -0.15) is 0 Å². The molecule has 0 saturated heterocycles. The number of rotatable bonds is 7. The van der Waals surface area contributed by atoms with Crippen LogP contribution in [0.15, 0.2) is 41.3 Å². The van der Waals surface area contributed by atoms with E-state index in [1.54, 1.807) is 35.9 Å². The first-order valence-corrected chi connectivity index (χ1v) is 9.45. The van der Waals surface area contributed by atoms with Crippen molar-refractivity contribution in [1.82, 2.24) is 19.4 Å². The van der Waals surface area contributed by atoms with Crippen LogP contribution in [0.2, 0.25) is 0 Å². The molecule has 29 heavy (non-hydrogen) atoms. The summed E-state index contributed by atoms with van der Waals surface area (Å²) < 4.78 is 3.13. The van der Waals surface area contributed by atoms with Crippen molar-refractivity contribution in [3.63, 3.8) is 0 Å². The van der Waals surface area contributed by atoms with Gasteiger partial charge in [-0.25, -0.2) is 14.6 Å². The fourth-order valence-electron chi connectivity index (χ4n) is 3.14. The van der Waals surface area contributed by atoms with Crippen LogP contribution >= 0.6 is 0 Å². The normalized spacial score (nSPS) is 11.2. The summed E-state index contributed by atoms with van der Waals surface area (Å²) in [6.45, 7) is 4.92. The highest BCUT2D eigenvalue weighted by atomic mass is 16.4. The maximum absolute atomic E-state index is 13.1. The predicted molar refractivity (Wildman–Crippen MR) is 109 cm³/mol. The minimum atomic E-state index is -1.09. The zero-order valence-electron chi connectivity index (χ0n) is 16.7. The van der Waals surface area contributed by atoms with Gasteiger partial charge >= 0.3 is 11.7 Å². The Morgan fingerprint density at radius 3 is 2.41 bits per heavy atom. The number of carboxylic acids is 1. The van der Waals surface area contributed by atoms with Gasteiger partial charge < -0.3 is 10.4 Å². The van der Waals surface area contributed by atoms with Crippen LogP contribution in [0.5, 0.6) is 0 Å². The summed E-state index contributed by atoms with van der Waals surface area (Å²) in [6, 6.07) is 8.43. The van der Waals surface area contributed by atoms with Crippen LogP contribution in [0.4, 0.5) is 0 Å². The Labute approximate surface area is 167 Å². The molecule has 0 saturated carbocycles. The van der Waals surface area contributed by atoms with Gasteiger partial charge in [-0.1, -0.05) is 26.0 Å². The lowest BCUT2D eigenvalue weighted by Crippen LogP contribution is -2.25. The van der Waals surface area contributed by atoms with E-state index in [0.29, 0.717) is 29.2 Å². The molecule has 0 unspecified atom stereocenters. The molecule has 0 aliphatic heterocycles. The molecule has 8 heteroatoms. The molecule has 0 spiro atoms. The van der Waals surface area contributed by atoms with Gasteiger partial charge in [0.25, 0.3) is 5.91 Å². The number of carbonyl (C=O) groups excluding carboxylic acids is 1. The Bertz CT molecular complexity index is 1110. The van der Waals surface area contributed by atoms with Gasteiger partial charge in [-0.05, 0) is 36.1 Å². The zero-order valence-corrected chi connectivity index (χ0v) is 16.7. The molecule has 1 amide bonds. The number of hydrogen-bond donors (Lipinski definition) is 2. The minimum Gasteiger partial charge on any atom is -0.478 e. The molecule has 8 nitrogen and oxygen atoms in total. The standard InChI is InChI=1S/C21H24N4O4/c1-13(2)8-9-24-18-17(10-16(11-23-18)20(27)28)25(21(24)29)12-14-4-6-15(7-5-14)19(26)22-3/h4-7,10-11,13H,8-9,12H2,1-3H3,(H,22,26)(H,27,28). The van der Waals surface area contributed by atoms with E-state index < -0.39 is 5.97 Å². The first kappa shape index (κ1) is 20.3. The van der Waals surface area contributed by atoms with Crippen molar-refractivity contribution >= 4 is 23.0 Å². The van der Waals surface area contributed by atoms with Crippen LogP contribution in [0, 0.1) is 5.92 Å². The Morgan fingerprint density at radius 1 is 1.14 bits per heavy atom. The molecule has 1 aromatic carbocycles. The molecule has 2 aromatic heterocycles. The van der Waals surface area contributed by atoms with Crippen LogP contribution in [0.1, 0.15) is 46.5 Å². The zero-order chi connectivity index (χ0) is 21.1. The molecule has 0 aliphatic carbocycles. The Balaban J connectivity index is 2.06. The van der Waals surface area contributed by atoms with Gasteiger partial charge in [-0.3, -0.25) is 13.9 Å².